The fourth-order valence-electron chi connectivity index (χ4n) is 3.17. The Balaban J connectivity index is 1.71. The molecule has 0 spiro atoms. The highest BCUT2D eigenvalue weighted by Gasteiger charge is 2.23. The van der Waals surface area contributed by atoms with Crippen molar-refractivity contribution < 1.29 is 9.72 Å². The van der Waals surface area contributed by atoms with Crippen LogP contribution in [0.25, 0.3) is 0 Å². The van der Waals surface area contributed by atoms with Gasteiger partial charge in [-0.1, -0.05) is 19.9 Å². The van der Waals surface area contributed by atoms with Crippen LogP contribution in [0.2, 0.25) is 0 Å². The molecule has 0 N–H and O–H groups in total. The van der Waals surface area contributed by atoms with Gasteiger partial charge in [0.05, 0.1) is 4.92 Å². The van der Waals surface area contributed by atoms with Crippen LogP contribution >= 0.6 is 11.9 Å². The Bertz CT molecular complexity index is 835. The van der Waals surface area contributed by atoms with E-state index in [1.165, 1.54) is 6.07 Å². The largest absolute Gasteiger partial charge is 0.334 e. The van der Waals surface area contributed by atoms with E-state index in [0.29, 0.717) is 18.7 Å². The summed E-state index contributed by atoms with van der Waals surface area (Å²) in [6.07, 6.45) is 0.717. The molecule has 2 aromatic carbocycles. The second-order valence-corrected chi connectivity index (χ2v) is 7.59. The van der Waals surface area contributed by atoms with Gasteiger partial charge < -0.3 is 4.90 Å². The number of nitrogens with zero attached hydrogens (tertiary/aromatic N) is 3. The Kier molecular flexibility index (Phi) is 6.13. The number of nitro groups is 1. The molecule has 0 radical (unpaired) electrons. The summed E-state index contributed by atoms with van der Waals surface area (Å²) < 4.78 is 2.24. The first kappa shape index (κ1) is 19.4. The van der Waals surface area contributed by atoms with Gasteiger partial charge in [0, 0.05) is 48.8 Å². The minimum Gasteiger partial charge on any atom is -0.334 e. The summed E-state index contributed by atoms with van der Waals surface area (Å²) in [4.78, 5) is 26.3. The Hall–Kier alpha value is -2.38. The second-order valence-electron chi connectivity index (χ2n) is 6.42. The first-order valence-electron chi connectivity index (χ1n) is 9.10. The predicted molar refractivity (Wildman–Crippen MR) is 107 cm³/mol. The molecule has 7 heteroatoms. The number of amides is 1. The van der Waals surface area contributed by atoms with E-state index in [4.69, 9.17) is 0 Å². The lowest BCUT2D eigenvalue weighted by molar-refractivity contribution is -0.385. The zero-order valence-corrected chi connectivity index (χ0v) is 16.4. The Labute approximate surface area is 163 Å². The van der Waals surface area contributed by atoms with Gasteiger partial charge in [-0.15, -0.1) is 0 Å². The van der Waals surface area contributed by atoms with E-state index in [1.54, 1.807) is 29.0 Å². The molecule has 1 heterocycles. The van der Waals surface area contributed by atoms with Crippen molar-refractivity contribution in [3.05, 3.63) is 69.3 Å². The lowest BCUT2D eigenvalue weighted by atomic mass is 9.98. The van der Waals surface area contributed by atoms with Gasteiger partial charge in [-0.05, 0) is 53.8 Å². The first-order valence-corrected chi connectivity index (χ1v) is 9.87. The number of hydrogen-bond donors (Lipinski definition) is 0. The molecule has 0 aromatic heterocycles. The lowest BCUT2D eigenvalue weighted by Crippen LogP contribution is -2.35. The second kappa shape index (κ2) is 8.54. The van der Waals surface area contributed by atoms with E-state index < -0.39 is 4.92 Å². The van der Waals surface area contributed by atoms with Crippen molar-refractivity contribution in [2.75, 3.05) is 19.6 Å². The molecule has 142 valence electrons. The summed E-state index contributed by atoms with van der Waals surface area (Å²) in [5, 5.41) is 11.0. The fraction of sp³-hybridized carbons (Fsp3) is 0.350. The van der Waals surface area contributed by atoms with E-state index >= 15 is 0 Å². The van der Waals surface area contributed by atoms with Crippen LogP contribution in [0.5, 0.6) is 0 Å². The van der Waals surface area contributed by atoms with E-state index in [-0.39, 0.29) is 11.6 Å². The number of fused-ring (bicyclic) bond motifs is 1. The number of rotatable bonds is 6. The van der Waals surface area contributed by atoms with Gasteiger partial charge >= 0.3 is 0 Å². The molecule has 1 amide bonds. The smallest absolute Gasteiger partial charge is 0.269 e. The zero-order valence-electron chi connectivity index (χ0n) is 15.6. The zero-order chi connectivity index (χ0) is 19.4. The highest BCUT2D eigenvalue weighted by Crippen LogP contribution is 2.26. The summed E-state index contributed by atoms with van der Waals surface area (Å²) >= 11 is 1.68. The van der Waals surface area contributed by atoms with Crippen molar-refractivity contribution in [3.8, 4) is 0 Å². The van der Waals surface area contributed by atoms with E-state index in [0.717, 1.165) is 35.5 Å². The van der Waals surface area contributed by atoms with Crippen LogP contribution in [0.15, 0.2) is 47.4 Å². The summed E-state index contributed by atoms with van der Waals surface area (Å²) in [6, 6.07) is 12.6. The number of hydrogen-bond acceptors (Lipinski definition) is 5. The molecule has 0 bridgehead atoms. The van der Waals surface area contributed by atoms with Gasteiger partial charge in [-0.25, -0.2) is 4.31 Å². The molecule has 27 heavy (non-hydrogen) atoms. The molecule has 0 saturated heterocycles. The number of nitro benzene ring substituents is 1. The predicted octanol–water partition coefficient (Wildman–Crippen LogP) is 4.14. The fourth-order valence-corrected chi connectivity index (χ4v) is 3.99. The number of carbonyl (C=O) groups excluding carboxylic acids is 1. The van der Waals surface area contributed by atoms with Crippen LogP contribution in [0.4, 0.5) is 5.69 Å². The molecule has 0 saturated carbocycles. The van der Waals surface area contributed by atoms with Crippen molar-refractivity contribution in [1.82, 2.24) is 9.21 Å². The quantitative estimate of drug-likeness (QED) is 0.425. The minimum atomic E-state index is -0.396. The molecule has 0 atom stereocenters. The topological polar surface area (TPSA) is 66.7 Å². The number of benzene rings is 2. The Morgan fingerprint density at radius 1 is 1.15 bits per heavy atom. The number of non-ortho nitro benzene ring substituents is 1. The molecule has 0 unspecified atom stereocenters. The molecule has 1 aliphatic rings. The summed E-state index contributed by atoms with van der Waals surface area (Å²) in [6.45, 7) is 7.19. The normalized spacial score (nSPS) is 13.5. The molecule has 0 fully saturated rings. The van der Waals surface area contributed by atoms with E-state index in [1.807, 2.05) is 24.3 Å². The third kappa shape index (κ3) is 4.48. The number of carbonyl (C=O) groups is 1. The van der Waals surface area contributed by atoms with Crippen LogP contribution in [-0.2, 0) is 13.0 Å². The maximum absolute atomic E-state index is 12.8. The van der Waals surface area contributed by atoms with Gasteiger partial charge in [0.2, 0.25) is 0 Å². The SMILES string of the molecule is CCN(CC)Sc1ccc(C(=O)N2CCc3ccc([N+](=O)[O-])cc3C2)cc1. The maximum Gasteiger partial charge on any atom is 0.269 e. The Morgan fingerprint density at radius 2 is 1.85 bits per heavy atom. The maximum atomic E-state index is 12.8. The average Bonchev–Trinajstić information content (AvgIpc) is 2.71. The van der Waals surface area contributed by atoms with Gasteiger partial charge in [-0.2, -0.15) is 0 Å². The van der Waals surface area contributed by atoms with Crippen LogP contribution in [-0.4, -0.2) is 39.7 Å². The molecular formula is C20H23N3O3S. The van der Waals surface area contributed by atoms with Crippen LogP contribution < -0.4 is 0 Å². The van der Waals surface area contributed by atoms with Crippen LogP contribution in [0, 0.1) is 10.1 Å². The van der Waals surface area contributed by atoms with Gasteiger partial charge in [0.1, 0.15) is 0 Å². The van der Waals surface area contributed by atoms with Crippen molar-refractivity contribution in [2.24, 2.45) is 0 Å². The molecular weight excluding hydrogens is 362 g/mol. The molecule has 1 aliphatic heterocycles. The van der Waals surface area contributed by atoms with E-state index in [9.17, 15) is 14.9 Å². The van der Waals surface area contributed by atoms with Crippen LogP contribution in [0.3, 0.4) is 0 Å². The molecule has 2 aromatic rings. The van der Waals surface area contributed by atoms with Gasteiger partial charge in [-0.3, -0.25) is 14.9 Å². The standard InChI is InChI=1S/C20H23N3O3S/c1-3-22(4-2)27-19-9-6-16(7-10-19)20(24)21-12-11-15-5-8-18(23(25)26)13-17(15)14-21/h5-10,13H,3-4,11-12,14H2,1-2H3. The van der Waals surface area contributed by atoms with Crippen molar-refractivity contribution in [2.45, 2.75) is 31.7 Å². The van der Waals surface area contributed by atoms with Crippen molar-refractivity contribution in [3.63, 3.8) is 0 Å². The molecule has 0 aliphatic carbocycles. The molecule has 3 rings (SSSR count). The third-order valence-electron chi connectivity index (χ3n) is 4.74. The summed E-state index contributed by atoms with van der Waals surface area (Å²) in [5.41, 5.74) is 2.65. The monoisotopic (exact) mass is 385 g/mol. The summed E-state index contributed by atoms with van der Waals surface area (Å²) in [7, 11) is 0. The first-order chi connectivity index (χ1) is 13.0. The Morgan fingerprint density at radius 3 is 2.48 bits per heavy atom. The van der Waals surface area contributed by atoms with Gasteiger partial charge in [0.25, 0.3) is 11.6 Å². The third-order valence-corrected chi connectivity index (χ3v) is 6.00. The average molecular weight is 385 g/mol. The van der Waals surface area contributed by atoms with Crippen molar-refractivity contribution in [1.29, 1.82) is 0 Å². The highest BCUT2D eigenvalue weighted by molar-refractivity contribution is 7.97. The summed E-state index contributed by atoms with van der Waals surface area (Å²) in [5.74, 6) is -0.0356. The van der Waals surface area contributed by atoms with E-state index in [2.05, 4.69) is 18.2 Å². The highest BCUT2D eigenvalue weighted by atomic mass is 32.2. The van der Waals surface area contributed by atoms with Crippen LogP contribution in [0.1, 0.15) is 35.3 Å². The molecule has 6 nitrogen and oxygen atoms in total. The van der Waals surface area contributed by atoms with Gasteiger partial charge in [0.15, 0.2) is 0 Å². The van der Waals surface area contributed by atoms with Crippen molar-refractivity contribution >= 4 is 23.5 Å². The lowest BCUT2D eigenvalue weighted by Gasteiger charge is -2.29. The minimum absolute atomic E-state index is 0.0356.